The van der Waals surface area contributed by atoms with Crippen molar-refractivity contribution in [3.05, 3.63) is 60.1 Å². The summed E-state index contributed by atoms with van der Waals surface area (Å²) in [4.78, 5) is 27.4. The van der Waals surface area contributed by atoms with E-state index >= 15 is 0 Å². The average Bonchev–Trinajstić information content (AvgIpc) is 2.81. The zero-order chi connectivity index (χ0) is 14.8. The Hall–Kier alpha value is -3.15. The van der Waals surface area contributed by atoms with Gasteiger partial charge in [0, 0.05) is 12.4 Å². The van der Waals surface area contributed by atoms with Crippen LogP contribution in [-0.4, -0.2) is 16.8 Å². The van der Waals surface area contributed by atoms with Crippen LogP contribution in [0.2, 0.25) is 0 Å². The van der Waals surface area contributed by atoms with Crippen LogP contribution >= 0.6 is 0 Å². The highest BCUT2D eigenvalue weighted by atomic mass is 16.2. The van der Waals surface area contributed by atoms with E-state index in [4.69, 9.17) is 5.73 Å². The van der Waals surface area contributed by atoms with Gasteiger partial charge < -0.3 is 16.4 Å². The minimum atomic E-state index is -0.536. The Morgan fingerprint density at radius 3 is 2.86 bits per heavy atom. The predicted molar refractivity (Wildman–Crippen MR) is 79.4 cm³/mol. The molecule has 0 atom stereocenters. The molecular weight excluding hydrogens is 268 g/mol. The van der Waals surface area contributed by atoms with Gasteiger partial charge in [-0.1, -0.05) is 12.1 Å². The van der Waals surface area contributed by atoms with Gasteiger partial charge in [-0.3, -0.25) is 14.6 Å². The lowest BCUT2D eigenvalue weighted by Gasteiger charge is -2.06. The second-order valence-corrected chi connectivity index (χ2v) is 4.47. The van der Waals surface area contributed by atoms with Gasteiger partial charge in [-0.05, 0) is 24.3 Å². The minimum absolute atomic E-state index is 0.243. The average molecular weight is 280 g/mol. The Morgan fingerprint density at radius 1 is 1.24 bits per heavy atom. The first-order valence-electron chi connectivity index (χ1n) is 6.29. The lowest BCUT2D eigenvalue weighted by atomic mass is 10.1. The maximum atomic E-state index is 11.9. The van der Waals surface area contributed by atoms with Crippen LogP contribution in [-0.2, 0) is 4.79 Å². The van der Waals surface area contributed by atoms with Crippen LogP contribution in [0.15, 0.2) is 48.8 Å². The highest BCUT2D eigenvalue weighted by Gasteiger charge is 2.25. The van der Waals surface area contributed by atoms with E-state index in [2.05, 4.69) is 15.6 Å². The second kappa shape index (κ2) is 5.09. The SMILES string of the molecule is NC(=O)c1ccccc1N/C=C1\C(=O)Nc2cccnc21. The van der Waals surface area contributed by atoms with Crippen LogP contribution < -0.4 is 16.4 Å². The number of anilines is 2. The molecule has 104 valence electrons. The molecule has 2 heterocycles. The van der Waals surface area contributed by atoms with Gasteiger partial charge in [-0.25, -0.2) is 0 Å². The van der Waals surface area contributed by atoms with Gasteiger partial charge in [-0.2, -0.15) is 0 Å². The number of hydrogen-bond acceptors (Lipinski definition) is 4. The lowest BCUT2D eigenvalue weighted by molar-refractivity contribution is -0.110. The fourth-order valence-electron chi connectivity index (χ4n) is 2.13. The number of carbonyl (C=O) groups is 2. The number of nitrogens with zero attached hydrogens (tertiary/aromatic N) is 1. The molecule has 2 amide bonds. The first-order valence-corrected chi connectivity index (χ1v) is 6.29. The summed E-state index contributed by atoms with van der Waals surface area (Å²) >= 11 is 0. The fraction of sp³-hybridized carbons (Fsp3) is 0. The van der Waals surface area contributed by atoms with Crippen molar-refractivity contribution in [2.45, 2.75) is 0 Å². The Morgan fingerprint density at radius 2 is 2.05 bits per heavy atom. The molecular formula is C15H12N4O2. The summed E-state index contributed by atoms with van der Waals surface area (Å²) in [6, 6.07) is 10.3. The van der Waals surface area contributed by atoms with E-state index in [0.717, 1.165) is 0 Å². The van der Waals surface area contributed by atoms with Crippen molar-refractivity contribution in [2.24, 2.45) is 5.73 Å². The summed E-state index contributed by atoms with van der Waals surface area (Å²) in [5.41, 5.74) is 7.85. The third kappa shape index (κ3) is 2.34. The molecule has 0 saturated carbocycles. The number of nitrogens with two attached hydrogens (primary N) is 1. The molecule has 6 nitrogen and oxygen atoms in total. The predicted octanol–water partition coefficient (Wildman–Crippen LogP) is 1.59. The summed E-state index contributed by atoms with van der Waals surface area (Å²) in [6.07, 6.45) is 3.14. The number of fused-ring (bicyclic) bond motifs is 1. The highest BCUT2D eigenvalue weighted by Crippen LogP contribution is 2.29. The zero-order valence-electron chi connectivity index (χ0n) is 11.0. The van der Waals surface area contributed by atoms with Gasteiger partial charge in [0.2, 0.25) is 0 Å². The van der Waals surface area contributed by atoms with Crippen LogP contribution in [0.5, 0.6) is 0 Å². The molecule has 2 aromatic rings. The molecule has 4 N–H and O–H groups in total. The van der Waals surface area contributed by atoms with E-state index in [1.165, 1.54) is 6.20 Å². The Kier molecular flexibility index (Phi) is 3.12. The third-order valence-corrected chi connectivity index (χ3v) is 3.12. The monoisotopic (exact) mass is 280 g/mol. The standard InChI is InChI=1S/C15H12N4O2/c16-14(20)9-4-1-2-5-11(9)18-8-10-13-12(19-15(10)21)6-3-7-17-13/h1-8,18H,(H2,16,20)(H,19,21)/b10-8-. The van der Waals surface area contributed by atoms with E-state index in [1.54, 1.807) is 42.6 Å². The molecule has 0 fully saturated rings. The highest BCUT2D eigenvalue weighted by molar-refractivity contribution is 6.31. The molecule has 0 unspecified atom stereocenters. The van der Waals surface area contributed by atoms with Gasteiger partial charge in [0.1, 0.15) is 5.69 Å². The lowest BCUT2D eigenvalue weighted by Crippen LogP contribution is -2.13. The molecule has 6 heteroatoms. The molecule has 0 saturated heterocycles. The largest absolute Gasteiger partial charge is 0.366 e. The molecule has 0 aliphatic carbocycles. The van der Waals surface area contributed by atoms with Gasteiger partial charge >= 0.3 is 0 Å². The van der Waals surface area contributed by atoms with Crippen molar-refractivity contribution < 1.29 is 9.59 Å². The summed E-state index contributed by atoms with van der Waals surface area (Å²) in [7, 11) is 0. The molecule has 1 aromatic carbocycles. The Balaban J connectivity index is 1.94. The van der Waals surface area contributed by atoms with Crippen LogP contribution in [0.25, 0.3) is 5.57 Å². The topological polar surface area (TPSA) is 97.1 Å². The van der Waals surface area contributed by atoms with Crippen LogP contribution in [0.1, 0.15) is 16.1 Å². The maximum absolute atomic E-state index is 11.9. The minimum Gasteiger partial charge on any atom is -0.366 e. The molecule has 0 radical (unpaired) electrons. The third-order valence-electron chi connectivity index (χ3n) is 3.12. The molecule has 0 bridgehead atoms. The first kappa shape index (κ1) is 12.9. The number of primary amides is 1. The molecule has 1 aromatic heterocycles. The number of aromatic nitrogens is 1. The number of nitrogens with one attached hydrogen (secondary N) is 2. The smallest absolute Gasteiger partial charge is 0.259 e. The Labute approximate surface area is 120 Å². The van der Waals surface area contributed by atoms with Crippen molar-refractivity contribution in [1.29, 1.82) is 0 Å². The number of rotatable bonds is 3. The molecule has 0 spiro atoms. The van der Waals surface area contributed by atoms with Crippen molar-refractivity contribution in [2.75, 3.05) is 10.6 Å². The van der Waals surface area contributed by atoms with E-state index in [9.17, 15) is 9.59 Å². The van der Waals surface area contributed by atoms with Gasteiger partial charge in [0.05, 0.1) is 22.5 Å². The Bertz CT molecular complexity index is 768. The van der Waals surface area contributed by atoms with Gasteiger partial charge in [-0.15, -0.1) is 0 Å². The van der Waals surface area contributed by atoms with Crippen molar-refractivity contribution >= 4 is 28.8 Å². The quantitative estimate of drug-likeness (QED) is 0.744. The number of para-hydroxylation sites is 1. The van der Waals surface area contributed by atoms with E-state index in [0.29, 0.717) is 28.2 Å². The molecule has 1 aliphatic heterocycles. The van der Waals surface area contributed by atoms with Gasteiger partial charge in [0.15, 0.2) is 0 Å². The number of hydrogen-bond donors (Lipinski definition) is 3. The van der Waals surface area contributed by atoms with Crippen LogP contribution in [0.4, 0.5) is 11.4 Å². The van der Waals surface area contributed by atoms with Crippen LogP contribution in [0.3, 0.4) is 0 Å². The summed E-state index contributed by atoms with van der Waals surface area (Å²) < 4.78 is 0. The maximum Gasteiger partial charge on any atom is 0.259 e. The second-order valence-electron chi connectivity index (χ2n) is 4.47. The number of amides is 2. The summed E-state index contributed by atoms with van der Waals surface area (Å²) in [5.74, 6) is -0.779. The van der Waals surface area contributed by atoms with Gasteiger partial charge in [0.25, 0.3) is 11.8 Å². The normalized spacial score (nSPS) is 14.7. The van der Waals surface area contributed by atoms with Crippen molar-refractivity contribution in [3.63, 3.8) is 0 Å². The number of benzene rings is 1. The van der Waals surface area contributed by atoms with E-state index < -0.39 is 5.91 Å². The van der Waals surface area contributed by atoms with Crippen molar-refractivity contribution in [1.82, 2.24) is 4.98 Å². The zero-order valence-corrected chi connectivity index (χ0v) is 11.0. The summed E-state index contributed by atoms with van der Waals surface area (Å²) in [6.45, 7) is 0. The summed E-state index contributed by atoms with van der Waals surface area (Å²) in [5, 5.41) is 5.66. The first-order chi connectivity index (χ1) is 10.2. The van der Waals surface area contributed by atoms with Crippen LogP contribution in [0, 0.1) is 0 Å². The van der Waals surface area contributed by atoms with E-state index in [1.807, 2.05) is 0 Å². The molecule has 21 heavy (non-hydrogen) atoms. The molecule has 1 aliphatic rings. The molecule has 3 rings (SSSR count). The van der Waals surface area contributed by atoms with E-state index in [-0.39, 0.29) is 5.91 Å². The number of pyridine rings is 1. The van der Waals surface area contributed by atoms with Crippen molar-refractivity contribution in [3.8, 4) is 0 Å². The number of carbonyl (C=O) groups excluding carboxylic acids is 2. The fourth-order valence-corrected chi connectivity index (χ4v) is 2.13.